The molecule has 0 saturated carbocycles. The van der Waals surface area contributed by atoms with Crippen molar-refractivity contribution in [2.45, 2.75) is 58.4 Å². The van der Waals surface area contributed by atoms with E-state index in [1.54, 1.807) is 7.11 Å². The van der Waals surface area contributed by atoms with Gasteiger partial charge in [0.1, 0.15) is 0 Å². The van der Waals surface area contributed by atoms with E-state index in [0.29, 0.717) is 6.04 Å². The summed E-state index contributed by atoms with van der Waals surface area (Å²) in [6.07, 6.45) is 9.34. The molecule has 2 nitrogen and oxygen atoms in total. The standard InChI is InChI=1S/C19H31NO/c1-4-6-13-18(14-7-5-2)20-19(16-21-3)15-17-11-9-8-10-12-17/h8-13,19-20H,4-7,14-16H2,1-3H3/b18-13+/t19-/m0/s1. The fraction of sp³-hybridized carbons (Fsp3) is 0.579. The second kappa shape index (κ2) is 11.4. The van der Waals surface area contributed by atoms with Crippen LogP contribution in [0.3, 0.4) is 0 Å². The molecule has 0 heterocycles. The molecule has 0 saturated heterocycles. The number of methoxy groups -OCH3 is 1. The Morgan fingerprint density at radius 1 is 1.19 bits per heavy atom. The highest BCUT2D eigenvalue weighted by atomic mass is 16.5. The van der Waals surface area contributed by atoms with E-state index in [-0.39, 0.29) is 0 Å². The Morgan fingerprint density at radius 3 is 2.57 bits per heavy atom. The topological polar surface area (TPSA) is 21.3 Å². The van der Waals surface area contributed by atoms with E-state index in [1.165, 1.54) is 30.5 Å². The molecule has 118 valence electrons. The largest absolute Gasteiger partial charge is 0.383 e. The van der Waals surface area contributed by atoms with Gasteiger partial charge >= 0.3 is 0 Å². The van der Waals surface area contributed by atoms with Crippen molar-refractivity contribution in [3.63, 3.8) is 0 Å². The molecular formula is C19H31NO. The smallest absolute Gasteiger partial charge is 0.0667 e. The molecule has 0 spiro atoms. The quantitative estimate of drug-likeness (QED) is 0.637. The van der Waals surface area contributed by atoms with E-state index in [0.717, 1.165) is 25.9 Å². The Labute approximate surface area is 130 Å². The van der Waals surface area contributed by atoms with Crippen molar-refractivity contribution in [1.82, 2.24) is 5.32 Å². The van der Waals surface area contributed by atoms with E-state index in [2.05, 4.69) is 55.6 Å². The van der Waals surface area contributed by atoms with Crippen LogP contribution in [-0.2, 0) is 11.2 Å². The van der Waals surface area contributed by atoms with Crippen LogP contribution in [0.1, 0.15) is 51.5 Å². The van der Waals surface area contributed by atoms with Gasteiger partial charge in [0, 0.05) is 12.8 Å². The molecule has 2 heteroatoms. The second-order valence-electron chi connectivity index (χ2n) is 5.61. The minimum Gasteiger partial charge on any atom is -0.383 e. The SMILES string of the molecule is CCC/C=C(\CCCC)N[C@H](COC)Cc1ccccc1. The molecule has 0 aromatic heterocycles. The fourth-order valence-electron chi connectivity index (χ4n) is 2.43. The molecule has 0 amide bonds. The molecule has 1 aromatic carbocycles. The summed E-state index contributed by atoms with van der Waals surface area (Å²) in [6.45, 7) is 5.21. The summed E-state index contributed by atoms with van der Waals surface area (Å²) < 4.78 is 5.40. The third-order valence-electron chi connectivity index (χ3n) is 3.56. The lowest BCUT2D eigenvalue weighted by Crippen LogP contribution is -2.34. The van der Waals surface area contributed by atoms with Gasteiger partial charge in [0.25, 0.3) is 0 Å². The van der Waals surface area contributed by atoms with Gasteiger partial charge in [-0.25, -0.2) is 0 Å². The predicted octanol–water partition coefficient (Wildman–Crippen LogP) is 4.71. The number of rotatable bonds is 11. The first kappa shape index (κ1) is 17.8. The van der Waals surface area contributed by atoms with Gasteiger partial charge in [0.15, 0.2) is 0 Å². The van der Waals surface area contributed by atoms with E-state index in [9.17, 15) is 0 Å². The third kappa shape index (κ3) is 7.91. The predicted molar refractivity (Wildman–Crippen MR) is 91.5 cm³/mol. The van der Waals surface area contributed by atoms with Gasteiger partial charge in [-0.3, -0.25) is 0 Å². The zero-order valence-electron chi connectivity index (χ0n) is 13.9. The summed E-state index contributed by atoms with van der Waals surface area (Å²) in [4.78, 5) is 0. The van der Waals surface area contributed by atoms with Gasteiger partial charge in [-0.05, 0) is 31.2 Å². The van der Waals surface area contributed by atoms with Gasteiger partial charge in [0.05, 0.1) is 12.6 Å². The molecule has 0 radical (unpaired) electrons. The van der Waals surface area contributed by atoms with E-state index in [4.69, 9.17) is 4.74 Å². The summed E-state index contributed by atoms with van der Waals surface area (Å²) in [5.41, 5.74) is 2.74. The molecule has 1 N–H and O–H groups in total. The van der Waals surface area contributed by atoms with Gasteiger partial charge in [-0.1, -0.05) is 63.1 Å². The van der Waals surface area contributed by atoms with Crippen LogP contribution in [0.2, 0.25) is 0 Å². The maximum absolute atomic E-state index is 5.40. The normalized spacial score (nSPS) is 13.2. The van der Waals surface area contributed by atoms with Crippen LogP contribution in [0.25, 0.3) is 0 Å². The van der Waals surface area contributed by atoms with Crippen LogP contribution in [0.5, 0.6) is 0 Å². The molecule has 0 unspecified atom stereocenters. The first-order valence-electron chi connectivity index (χ1n) is 8.28. The highest BCUT2D eigenvalue weighted by Gasteiger charge is 2.10. The average Bonchev–Trinajstić information content (AvgIpc) is 2.51. The summed E-state index contributed by atoms with van der Waals surface area (Å²) in [5.74, 6) is 0. The van der Waals surface area contributed by atoms with Crippen LogP contribution in [0.15, 0.2) is 42.1 Å². The van der Waals surface area contributed by atoms with Gasteiger partial charge in [-0.15, -0.1) is 0 Å². The zero-order valence-corrected chi connectivity index (χ0v) is 13.9. The Hall–Kier alpha value is -1.28. The van der Waals surface area contributed by atoms with Gasteiger partial charge < -0.3 is 10.1 Å². The second-order valence-corrected chi connectivity index (χ2v) is 5.61. The summed E-state index contributed by atoms with van der Waals surface area (Å²) >= 11 is 0. The fourth-order valence-corrected chi connectivity index (χ4v) is 2.43. The first-order chi connectivity index (χ1) is 10.3. The van der Waals surface area contributed by atoms with Crippen molar-refractivity contribution in [3.05, 3.63) is 47.7 Å². The van der Waals surface area contributed by atoms with Crippen molar-refractivity contribution < 1.29 is 4.74 Å². The van der Waals surface area contributed by atoms with Crippen molar-refractivity contribution >= 4 is 0 Å². The lowest BCUT2D eigenvalue weighted by molar-refractivity contribution is 0.169. The molecule has 0 fully saturated rings. The molecule has 1 rings (SSSR count). The van der Waals surface area contributed by atoms with Crippen LogP contribution in [0, 0.1) is 0 Å². The van der Waals surface area contributed by atoms with Crippen molar-refractivity contribution in [1.29, 1.82) is 0 Å². The van der Waals surface area contributed by atoms with Crippen molar-refractivity contribution in [3.8, 4) is 0 Å². The number of hydrogen-bond donors (Lipinski definition) is 1. The molecule has 1 atom stereocenters. The van der Waals surface area contributed by atoms with Crippen molar-refractivity contribution in [2.24, 2.45) is 0 Å². The van der Waals surface area contributed by atoms with Crippen molar-refractivity contribution in [2.75, 3.05) is 13.7 Å². The van der Waals surface area contributed by atoms with Crippen LogP contribution >= 0.6 is 0 Å². The Bertz CT molecular complexity index is 386. The van der Waals surface area contributed by atoms with E-state index >= 15 is 0 Å². The molecule has 1 aromatic rings. The molecule has 0 aliphatic heterocycles. The Balaban J connectivity index is 2.64. The number of ether oxygens (including phenoxy) is 1. The highest BCUT2D eigenvalue weighted by Crippen LogP contribution is 2.10. The monoisotopic (exact) mass is 289 g/mol. The molecule has 21 heavy (non-hydrogen) atoms. The number of unbranched alkanes of at least 4 members (excludes halogenated alkanes) is 2. The Kier molecular flexibility index (Phi) is 9.64. The zero-order chi connectivity index (χ0) is 15.3. The molecule has 0 bridgehead atoms. The average molecular weight is 289 g/mol. The molecule has 0 aliphatic carbocycles. The van der Waals surface area contributed by atoms with Crippen LogP contribution in [-0.4, -0.2) is 19.8 Å². The number of benzene rings is 1. The molecule has 0 aliphatic rings. The Morgan fingerprint density at radius 2 is 1.95 bits per heavy atom. The van der Waals surface area contributed by atoms with Gasteiger partial charge in [-0.2, -0.15) is 0 Å². The maximum atomic E-state index is 5.40. The van der Waals surface area contributed by atoms with Crippen LogP contribution < -0.4 is 5.32 Å². The number of allylic oxidation sites excluding steroid dienone is 2. The first-order valence-corrected chi connectivity index (χ1v) is 8.28. The lowest BCUT2D eigenvalue weighted by atomic mass is 10.0. The van der Waals surface area contributed by atoms with Crippen LogP contribution in [0.4, 0.5) is 0 Å². The maximum Gasteiger partial charge on any atom is 0.0667 e. The van der Waals surface area contributed by atoms with E-state index in [1.807, 2.05) is 0 Å². The molecular weight excluding hydrogens is 258 g/mol. The lowest BCUT2D eigenvalue weighted by Gasteiger charge is -2.22. The van der Waals surface area contributed by atoms with Gasteiger partial charge in [0.2, 0.25) is 0 Å². The highest BCUT2D eigenvalue weighted by molar-refractivity contribution is 5.16. The summed E-state index contributed by atoms with van der Waals surface area (Å²) in [6, 6.07) is 11.0. The number of nitrogens with one attached hydrogen (secondary N) is 1. The third-order valence-corrected chi connectivity index (χ3v) is 3.56. The minimum absolute atomic E-state index is 0.345. The minimum atomic E-state index is 0.345. The van der Waals surface area contributed by atoms with E-state index < -0.39 is 0 Å². The summed E-state index contributed by atoms with van der Waals surface area (Å²) in [7, 11) is 1.78. The number of hydrogen-bond acceptors (Lipinski definition) is 2. The summed E-state index contributed by atoms with van der Waals surface area (Å²) in [5, 5.41) is 3.71.